The summed E-state index contributed by atoms with van der Waals surface area (Å²) in [5, 5.41) is 0. The second-order valence-corrected chi connectivity index (χ2v) is 12.8. The van der Waals surface area contributed by atoms with Crippen molar-refractivity contribution in [2.24, 2.45) is 0 Å². The van der Waals surface area contributed by atoms with E-state index in [0.29, 0.717) is 11.3 Å². The van der Waals surface area contributed by atoms with E-state index in [-0.39, 0.29) is 12.1 Å². The molecule has 45 heavy (non-hydrogen) atoms. The summed E-state index contributed by atoms with van der Waals surface area (Å²) in [6, 6.07) is 21.6. The van der Waals surface area contributed by atoms with Gasteiger partial charge in [0.05, 0.1) is 18.3 Å². The number of rotatable bonds is 21. The van der Waals surface area contributed by atoms with Crippen LogP contribution < -0.4 is 14.2 Å². The first-order valence-corrected chi connectivity index (χ1v) is 18.0. The zero-order valence-corrected chi connectivity index (χ0v) is 28.0. The maximum atomic E-state index is 12.9. The van der Waals surface area contributed by atoms with Gasteiger partial charge < -0.3 is 14.2 Å². The van der Waals surface area contributed by atoms with Crippen LogP contribution in [-0.2, 0) is 6.42 Å². The lowest BCUT2D eigenvalue weighted by atomic mass is 9.97. The van der Waals surface area contributed by atoms with Crippen LogP contribution in [0.5, 0.6) is 17.2 Å². The molecule has 0 fully saturated rings. The smallest absolute Gasteiger partial charge is 0.343 e. The highest BCUT2D eigenvalue weighted by Crippen LogP contribution is 2.31. The van der Waals surface area contributed by atoms with E-state index in [1.54, 1.807) is 0 Å². The van der Waals surface area contributed by atoms with Crippen molar-refractivity contribution in [2.45, 2.75) is 136 Å². The van der Waals surface area contributed by atoms with Gasteiger partial charge in [-0.2, -0.15) is 0 Å². The fraction of sp³-hybridized carbons (Fsp3) is 0.537. The van der Waals surface area contributed by atoms with E-state index in [1.807, 2.05) is 54.6 Å². The van der Waals surface area contributed by atoms with Crippen molar-refractivity contribution in [3.63, 3.8) is 0 Å². The second-order valence-electron chi connectivity index (χ2n) is 12.8. The molecule has 4 rings (SSSR count). The van der Waals surface area contributed by atoms with Gasteiger partial charge in [0.2, 0.25) is 0 Å². The van der Waals surface area contributed by atoms with Gasteiger partial charge in [0.25, 0.3) is 0 Å². The molecule has 0 aliphatic carbocycles. The molecule has 1 aliphatic heterocycles. The number of hydrogen-bond acceptors (Lipinski definition) is 4. The molecule has 0 amide bonds. The quantitative estimate of drug-likeness (QED) is 0.0682. The molecule has 4 heteroatoms. The molecule has 1 atom stereocenters. The number of benzene rings is 3. The maximum Gasteiger partial charge on any atom is 0.343 e. The van der Waals surface area contributed by atoms with Crippen LogP contribution in [0, 0.1) is 0 Å². The summed E-state index contributed by atoms with van der Waals surface area (Å²) in [4.78, 5) is 12.9. The van der Waals surface area contributed by atoms with Crippen LogP contribution in [0.15, 0.2) is 66.7 Å². The Morgan fingerprint density at radius 3 is 1.84 bits per heavy atom. The molecule has 0 N–H and O–H groups in total. The predicted octanol–water partition coefficient (Wildman–Crippen LogP) is 11.9. The number of carbonyl (C=O) groups is 1. The Morgan fingerprint density at radius 1 is 0.667 bits per heavy atom. The number of aryl methyl sites for hydroxylation is 1. The normalized spacial score (nSPS) is 14.0. The number of fused-ring (bicyclic) bond motifs is 1. The van der Waals surface area contributed by atoms with Crippen molar-refractivity contribution in [3.05, 3.63) is 77.9 Å². The topological polar surface area (TPSA) is 44.8 Å². The third-order valence-electron chi connectivity index (χ3n) is 8.97. The highest BCUT2D eigenvalue weighted by Gasteiger charge is 2.21. The van der Waals surface area contributed by atoms with Crippen molar-refractivity contribution >= 4 is 5.97 Å². The molecule has 1 heterocycles. The minimum Gasteiger partial charge on any atom is -0.494 e. The molecule has 0 saturated heterocycles. The lowest BCUT2D eigenvalue weighted by Gasteiger charge is -2.26. The Hall–Kier alpha value is -3.27. The molecule has 0 bridgehead atoms. The average Bonchev–Trinajstić information content (AvgIpc) is 3.07. The monoisotopic (exact) mass is 612 g/mol. The van der Waals surface area contributed by atoms with Gasteiger partial charge in [0, 0.05) is 0 Å². The van der Waals surface area contributed by atoms with Crippen LogP contribution in [-0.4, -0.2) is 18.7 Å². The van der Waals surface area contributed by atoms with Crippen LogP contribution >= 0.6 is 0 Å². The highest BCUT2D eigenvalue weighted by molar-refractivity contribution is 5.91. The average molecular weight is 613 g/mol. The van der Waals surface area contributed by atoms with Crippen LogP contribution in [0.25, 0.3) is 11.1 Å². The summed E-state index contributed by atoms with van der Waals surface area (Å²) in [6.07, 6.45) is 23.0. The molecule has 1 unspecified atom stereocenters. The van der Waals surface area contributed by atoms with Gasteiger partial charge in [0.1, 0.15) is 17.2 Å². The van der Waals surface area contributed by atoms with E-state index >= 15 is 0 Å². The Labute approximate surface area is 272 Å². The minimum absolute atomic E-state index is 0.286. The lowest BCUT2D eigenvalue weighted by molar-refractivity contribution is 0.0734. The van der Waals surface area contributed by atoms with Crippen LogP contribution in [0.4, 0.5) is 0 Å². The summed E-state index contributed by atoms with van der Waals surface area (Å²) < 4.78 is 17.9. The van der Waals surface area contributed by atoms with Gasteiger partial charge >= 0.3 is 5.97 Å². The summed E-state index contributed by atoms with van der Waals surface area (Å²) >= 11 is 0. The first kappa shape index (κ1) is 34.6. The number of hydrogen-bond donors (Lipinski definition) is 0. The number of ether oxygens (including phenoxy) is 3. The van der Waals surface area contributed by atoms with E-state index in [4.69, 9.17) is 14.2 Å². The minimum atomic E-state index is -0.340. The fourth-order valence-electron chi connectivity index (χ4n) is 6.16. The predicted molar refractivity (Wildman–Crippen MR) is 187 cm³/mol. The molecule has 3 aromatic carbocycles. The van der Waals surface area contributed by atoms with E-state index in [0.717, 1.165) is 60.5 Å². The molecule has 3 aromatic rings. The Morgan fingerprint density at radius 2 is 1.22 bits per heavy atom. The molecule has 244 valence electrons. The van der Waals surface area contributed by atoms with Crippen molar-refractivity contribution < 1.29 is 19.0 Å². The van der Waals surface area contributed by atoms with Crippen molar-refractivity contribution in [3.8, 4) is 28.4 Å². The summed E-state index contributed by atoms with van der Waals surface area (Å²) in [5.41, 5.74) is 3.83. The zero-order chi connectivity index (χ0) is 31.5. The molecular weight excluding hydrogens is 556 g/mol. The van der Waals surface area contributed by atoms with Gasteiger partial charge in [-0.05, 0) is 91.3 Å². The van der Waals surface area contributed by atoms with Gasteiger partial charge in [-0.15, -0.1) is 0 Å². The summed E-state index contributed by atoms with van der Waals surface area (Å²) in [5.74, 6) is 2.02. The van der Waals surface area contributed by atoms with E-state index in [9.17, 15) is 4.79 Å². The maximum absolute atomic E-state index is 12.9. The van der Waals surface area contributed by atoms with Gasteiger partial charge in [0.15, 0.2) is 0 Å². The highest BCUT2D eigenvalue weighted by atomic mass is 16.5. The standard InChI is InChI=1S/C41H56O4/c1-3-5-7-9-10-11-12-13-15-17-31-43-37-25-19-33(20-26-37)34-21-27-39(28-22-34)45-41(42)36-24-30-40-35(32-36)23-29-38(44-40)18-16-14-8-6-4-2/h19-22,24-28,30,32,38H,3-18,23,29,31H2,1-2H3. The van der Waals surface area contributed by atoms with Gasteiger partial charge in [-0.3, -0.25) is 0 Å². The number of carbonyl (C=O) groups excluding carboxylic acids is 1. The molecule has 4 nitrogen and oxygen atoms in total. The number of unbranched alkanes of at least 4 members (excludes halogenated alkanes) is 13. The largest absolute Gasteiger partial charge is 0.494 e. The van der Waals surface area contributed by atoms with Crippen LogP contribution in [0.3, 0.4) is 0 Å². The molecule has 1 aliphatic rings. The van der Waals surface area contributed by atoms with Crippen LogP contribution in [0.2, 0.25) is 0 Å². The first-order chi connectivity index (χ1) is 22.2. The Balaban J connectivity index is 1.15. The third-order valence-corrected chi connectivity index (χ3v) is 8.97. The molecule has 0 spiro atoms. The Bertz CT molecular complexity index is 1250. The summed E-state index contributed by atoms with van der Waals surface area (Å²) in [7, 11) is 0. The SMILES string of the molecule is CCCCCCCCCCCCOc1ccc(-c2ccc(OC(=O)c3ccc4c(c3)CCC(CCCCCCC)O4)cc2)cc1. The van der Waals surface area contributed by atoms with Gasteiger partial charge in [-0.1, -0.05) is 122 Å². The first-order valence-electron chi connectivity index (χ1n) is 18.0. The second kappa shape index (κ2) is 20.0. The van der Waals surface area contributed by atoms with Crippen molar-refractivity contribution in [1.82, 2.24) is 0 Å². The lowest BCUT2D eigenvalue weighted by Crippen LogP contribution is -2.23. The third kappa shape index (κ3) is 12.2. The molecule has 0 aromatic heterocycles. The number of esters is 1. The van der Waals surface area contributed by atoms with Crippen LogP contribution in [0.1, 0.15) is 139 Å². The van der Waals surface area contributed by atoms with Crippen molar-refractivity contribution in [1.29, 1.82) is 0 Å². The zero-order valence-electron chi connectivity index (χ0n) is 28.0. The molecule has 0 saturated carbocycles. The van der Waals surface area contributed by atoms with Crippen molar-refractivity contribution in [2.75, 3.05) is 6.61 Å². The van der Waals surface area contributed by atoms with E-state index in [1.165, 1.54) is 89.9 Å². The van der Waals surface area contributed by atoms with E-state index < -0.39 is 0 Å². The fourth-order valence-corrected chi connectivity index (χ4v) is 6.16. The van der Waals surface area contributed by atoms with E-state index in [2.05, 4.69) is 26.0 Å². The molecular formula is C41H56O4. The summed E-state index contributed by atoms with van der Waals surface area (Å²) in [6.45, 7) is 5.29. The molecule has 0 radical (unpaired) electrons. The van der Waals surface area contributed by atoms with Gasteiger partial charge in [-0.25, -0.2) is 4.79 Å². The Kier molecular flexibility index (Phi) is 15.4.